The summed E-state index contributed by atoms with van der Waals surface area (Å²) in [6.07, 6.45) is 2.34. The minimum absolute atomic E-state index is 0.0341. The van der Waals surface area contributed by atoms with Gasteiger partial charge < -0.3 is 16.2 Å². The first-order valence-electron chi connectivity index (χ1n) is 5.62. The summed E-state index contributed by atoms with van der Waals surface area (Å²) in [4.78, 5) is 15.1. The normalized spacial score (nSPS) is 12.5. The molecule has 1 amide bonds. The van der Waals surface area contributed by atoms with E-state index in [0.717, 1.165) is 6.42 Å². The highest BCUT2D eigenvalue weighted by molar-refractivity contribution is 5.97. The average Bonchev–Trinajstić information content (AvgIpc) is 2.19. The molecule has 0 radical (unpaired) electrons. The fourth-order valence-corrected chi connectivity index (χ4v) is 1.64. The quantitative estimate of drug-likeness (QED) is 0.813. The predicted molar refractivity (Wildman–Crippen MR) is 66.7 cm³/mol. The van der Waals surface area contributed by atoms with Crippen LogP contribution in [0.15, 0.2) is 12.3 Å². The van der Waals surface area contributed by atoms with Crippen LogP contribution < -0.4 is 16.2 Å². The molecular weight excluding hydrogens is 218 g/mol. The van der Waals surface area contributed by atoms with Gasteiger partial charge in [0.2, 0.25) is 5.88 Å². The van der Waals surface area contributed by atoms with Crippen LogP contribution in [0.4, 0.5) is 5.69 Å². The van der Waals surface area contributed by atoms with Crippen LogP contribution in [0.3, 0.4) is 0 Å². The maximum atomic E-state index is 11.1. The van der Waals surface area contributed by atoms with Gasteiger partial charge in [-0.2, -0.15) is 0 Å². The van der Waals surface area contributed by atoms with Gasteiger partial charge in [-0.1, -0.05) is 13.8 Å². The molecule has 0 aliphatic carbocycles. The second-order valence-corrected chi connectivity index (χ2v) is 4.53. The molecule has 5 heteroatoms. The number of ether oxygens (including phenoxy) is 1. The van der Waals surface area contributed by atoms with Crippen molar-refractivity contribution in [3.8, 4) is 5.88 Å². The molecule has 0 saturated heterocycles. The fourth-order valence-electron chi connectivity index (χ4n) is 1.64. The number of pyridine rings is 1. The fraction of sp³-hybridized carbons (Fsp3) is 0.500. The molecule has 17 heavy (non-hydrogen) atoms. The zero-order valence-electron chi connectivity index (χ0n) is 10.4. The molecule has 1 unspecified atom stereocenters. The van der Waals surface area contributed by atoms with Crippen LogP contribution >= 0.6 is 0 Å². The predicted octanol–water partition coefficient (Wildman–Crippen LogP) is 1.58. The first-order valence-corrected chi connectivity index (χ1v) is 5.62. The third kappa shape index (κ3) is 3.94. The van der Waals surface area contributed by atoms with Crippen molar-refractivity contribution >= 4 is 11.6 Å². The van der Waals surface area contributed by atoms with Crippen LogP contribution in [0.1, 0.15) is 37.6 Å². The molecule has 94 valence electrons. The molecule has 4 N–H and O–H groups in total. The van der Waals surface area contributed by atoms with Gasteiger partial charge in [-0.15, -0.1) is 0 Å². The summed E-state index contributed by atoms with van der Waals surface area (Å²) in [5, 5.41) is 0. The summed E-state index contributed by atoms with van der Waals surface area (Å²) >= 11 is 0. The molecule has 0 spiro atoms. The lowest BCUT2D eigenvalue weighted by Gasteiger charge is -2.16. The van der Waals surface area contributed by atoms with Gasteiger partial charge >= 0.3 is 0 Å². The Bertz CT molecular complexity index is 405. The molecule has 1 aromatic rings. The first kappa shape index (κ1) is 13.3. The van der Waals surface area contributed by atoms with Crippen molar-refractivity contribution in [3.63, 3.8) is 0 Å². The van der Waals surface area contributed by atoms with Gasteiger partial charge in [-0.05, 0) is 19.3 Å². The van der Waals surface area contributed by atoms with E-state index >= 15 is 0 Å². The number of nitrogen functional groups attached to an aromatic ring is 1. The van der Waals surface area contributed by atoms with Crippen molar-refractivity contribution < 1.29 is 9.53 Å². The lowest BCUT2D eigenvalue weighted by molar-refractivity contribution is 0.0999. The van der Waals surface area contributed by atoms with Crippen molar-refractivity contribution in [1.82, 2.24) is 4.98 Å². The van der Waals surface area contributed by atoms with Gasteiger partial charge in [0.15, 0.2) is 0 Å². The summed E-state index contributed by atoms with van der Waals surface area (Å²) in [6, 6.07) is 1.48. The number of carbonyl (C=O) groups is 1. The molecule has 1 aromatic heterocycles. The van der Waals surface area contributed by atoms with E-state index < -0.39 is 5.91 Å². The highest BCUT2D eigenvalue weighted by Crippen LogP contribution is 2.18. The maximum absolute atomic E-state index is 11.1. The van der Waals surface area contributed by atoms with Crippen molar-refractivity contribution in [2.45, 2.75) is 33.3 Å². The van der Waals surface area contributed by atoms with Crippen LogP contribution in [-0.2, 0) is 0 Å². The molecule has 0 bridgehead atoms. The van der Waals surface area contributed by atoms with Crippen LogP contribution in [-0.4, -0.2) is 17.0 Å². The Hall–Kier alpha value is -1.78. The number of primary amides is 1. The van der Waals surface area contributed by atoms with Gasteiger partial charge in [-0.3, -0.25) is 4.79 Å². The topological polar surface area (TPSA) is 91.2 Å². The SMILES string of the molecule is CC(C)CC(C)Oc1cc(C(N)=O)c(N)cn1. The van der Waals surface area contributed by atoms with E-state index in [-0.39, 0.29) is 17.4 Å². The highest BCUT2D eigenvalue weighted by atomic mass is 16.5. The Morgan fingerprint density at radius 2 is 2.12 bits per heavy atom. The Labute approximate surface area is 101 Å². The summed E-state index contributed by atoms with van der Waals surface area (Å²) < 4.78 is 5.60. The highest BCUT2D eigenvalue weighted by Gasteiger charge is 2.11. The standard InChI is InChI=1S/C12H19N3O2/c1-7(2)4-8(3)17-11-5-9(12(14)16)10(13)6-15-11/h5-8H,4,13H2,1-3H3,(H2,14,16). The molecule has 1 heterocycles. The number of nitrogens with zero attached hydrogens (tertiary/aromatic N) is 1. The zero-order chi connectivity index (χ0) is 13.0. The summed E-state index contributed by atoms with van der Waals surface area (Å²) in [6.45, 7) is 6.19. The maximum Gasteiger partial charge on any atom is 0.251 e. The van der Waals surface area contributed by atoms with E-state index in [9.17, 15) is 4.79 Å². The molecule has 0 fully saturated rings. The summed E-state index contributed by atoms with van der Waals surface area (Å²) in [7, 11) is 0. The van der Waals surface area contributed by atoms with Gasteiger partial charge in [0, 0.05) is 6.07 Å². The van der Waals surface area contributed by atoms with Gasteiger partial charge in [-0.25, -0.2) is 4.98 Å². The number of aromatic nitrogens is 1. The minimum atomic E-state index is -0.578. The minimum Gasteiger partial charge on any atom is -0.475 e. The lowest BCUT2D eigenvalue weighted by Crippen LogP contribution is -2.17. The number of hydrogen-bond acceptors (Lipinski definition) is 4. The van der Waals surface area contributed by atoms with E-state index in [1.807, 2.05) is 6.92 Å². The zero-order valence-corrected chi connectivity index (χ0v) is 10.4. The monoisotopic (exact) mass is 237 g/mol. The number of nitrogens with two attached hydrogens (primary N) is 2. The van der Waals surface area contributed by atoms with Gasteiger partial charge in [0.25, 0.3) is 5.91 Å². The molecule has 0 aromatic carbocycles. The molecule has 0 saturated carbocycles. The summed E-state index contributed by atoms with van der Waals surface area (Å²) in [5.41, 5.74) is 11.3. The van der Waals surface area contributed by atoms with E-state index in [0.29, 0.717) is 11.8 Å². The first-order chi connectivity index (χ1) is 7.90. The van der Waals surface area contributed by atoms with E-state index in [1.165, 1.54) is 12.3 Å². The van der Waals surface area contributed by atoms with Crippen molar-refractivity contribution in [2.75, 3.05) is 5.73 Å². The molecule has 1 rings (SSSR count). The number of hydrogen-bond donors (Lipinski definition) is 2. The van der Waals surface area contributed by atoms with Crippen molar-refractivity contribution in [2.24, 2.45) is 11.7 Å². The second-order valence-electron chi connectivity index (χ2n) is 4.53. The number of anilines is 1. The molecular formula is C12H19N3O2. The summed E-state index contributed by atoms with van der Waals surface area (Å²) in [5.74, 6) is 0.335. The van der Waals surface area contributed by atoms with Crippen LogP contribution in [0, 0.1) is 5.92 Å². The Kier molecular flexibility index (Phi) is 4.31. The number of rotatable bonds is 5. The molecule has 5 nitrogen and oxygen atoms in total. The van der Waals surface area contributed by atoms with E-state index in [2.05, 4.69) is 18.8 Å². The molecule has 1 atom stereocenters. The van der Waals surface area contributed by atoms with Crippen LogP contribution in [0.2, 0.25) is 0 Å². The van der Waals surface area contributed by atoms with Gasteiger partial charge in [0.05, 0.1) is 23.6 Å². The van der Waals surface area contributed by atoms with Crippen LogP contribution in [0.25, 0.3) is 0 Å². The number of amides is 1. The Morgan fingerprint density at radius 3 is 2.65 bits per heavy atom. The largest absolute Gasteiger partial charge is 0.475 e. The van der Waals surface area contributed by atoms with E-state index in [1.54, 1.807) is 0 Å². The third-order valence-corrected chi connectivity index (χ3v) is 2.30. The Morgan fingerprint density at radius 1 is 1.47 bits per heavy atom. The van der Waals surface area contributed by atoms with Crippen molar-refractivity contribution in [3.05, 3.63) is 17.8 Å². The lowest BCUT2D eigenvalue weighted by atomic mass is 10.1. The van der Waals surface area contributed by atoms with E-state index in [4.69, 9.17) is 16.2 Å². The van der Waals surface area contributed by atoms with Crippen LogP contribution in [0.5, 0.6) is 5.88 Å². The Balaban J connectivity index is 2.79. The smallest absolute Gasteiger partial charge is 0.251 e. The third-order valence-electron chi connectivity index (χ3n) is 2.30. The van der Waals surface area contributed by atoms with Gasteiger partial charge in [0.1, 0.15) is 0 Å². The average molecular weight is 237 g/mol. The second kappa shape index (κ2) is 5.52. The van der Waals surface area contributed by atoms with Crippen molar-refractivity contribution in [1.29, 1.82) is 0 Å². The number of carbonyl (C=O) groups excluding carboxylic acids is 1. The molecule has 0 aliphatic rings. The molecule has 0 aliphatic heterocycles.